The first-order chi connectivity index (χ1) is 5.79. The van der Waals surface area contributed by atoms with E-state index in [-0.39, 0.29) is 0 Å². The van der Waals surface area contributed by atoms with Crippen LogP contribution in [-0.2, 0) is 0 Å². The van der Waals surface area contributed by atoms with E-state index in [0.29, 0.717) is 0 Å². The van der Waals surface area contributed by atoms with E-state index in [2.05, 4.69) is 34.7 Å². The fourth-order valence-electron chi connectivity index (χ4n) is 1.31. The van der Waals surface area contributed by atoms with Gasteiger partial charge < -0.3 is 0 Å². The van der Waals surface area contributed by atoms with Crippen LogP contribution < -0.4 is 0 Å². The van der Waals surface area contributed by atoms with Gasteiger partial charge in [-0.1, -0.05) is 12.2 Å². The van der Waals surface area contributed by atoms with Crippen LogP contribution in [-0.4, -0.2) is 8.75 Å². The van der Waals surface area contributed by atoms with Crippen molar-refractivity contribution < 1.29 is 0 Å². The molecule has 0 amide bonds. The standard InChI is InChI=1S/C9H10N2S/c1-6-4-3-5-7(2)9-8(6)10-12-11-9/h4-5H,3H2,1-2H3. The van der Waals surface area contributed by atoms with Crippen molar-refractivity contribution in [3.05, 3.63) is 23.5 Å². The lowest BCUT2D eigenvalue weighted by molar-refractivity contribution is 1.36. The molecule has 62 valence electrons. The van der Waals surface area contributed by atoms with Crippen molar-refractivity contribution in [1.29, 1.82) is 0 Å². The largest absolute Gasteiger partial charge is 0.173 e. The zero-order valence-electron chi connectivity index (χ0n) is 7.16. The normalized spacial score (nSPS) is 16.2. The molecule has 2 nitrogen and oxygen atoms in total. The fraction of sp³-hybridized carbons (Fsp3) is 0.333. The molecular weight excluding hydrogens is 168 g/mol. The summed E-state index contributed by atoms with van der Waals surface area (Å²) in [7, 11) is 0. The Morgan fingerprint density at radius 3 is 2.08 bits per heavy atom. The van der Waals surface area contributed by atoms with E-state index in [9.17, 15) is 0 Å². The molecular formula is C9H10N2S. The first-order valence-electron chi connectivity index (χ1n) is 3.96. The maximum Gasteiger partial charge on any atom is 0.107 e. The van der Waals surface area contributed by atoms with Gasteiger partial charge in [-0.05, 0) is 31.4 Å². The summed E-state index contributed by atoms with van der Waals surface area (Å²) in [5.74, 6) is 0. The highest BCUT2D eigenvalue weighted by Gasteiger charge is 2.12. The zero-order valence-corrected chi connectivity index (χ0v) is 7.98. The van der Waals surface area contributed by atoms with E-state index >= 15 is 0 Å². The molecule has 0 spiro atoms. The molecule has 0 atom stereocenters. The van der Waals surface area contributed by atoms with Crippen LogP contribution in [0.3, 0.4) is 0 Å². The van der Waals surface area contributed by atoms with Crippen LogP contribution in [0.5, 0.6) is 0 Å². The topological polar surface area (TPSA) is 25.8 Å². The fourth-order valence-corrected chi connectivity index (χ4v) is 1.98. The lowest BCUT2D eigenvalue weighted by Gasteiger charge is -1.96. The molecule has 3 heteroatoms. The Labute approximate surface area is 76.0 Å². The lowest BCUT2D eigenvalue weighted by atomic mass is 10.1. The number of nitrogens with zero attached hydrogens (tertiary/aromatic N) is 2. The van der Waals surface area contributed by atoms with E-state index in [1.54, 1.807) is 0 Å². The Morgan fingerprint density at radius 1 is 1.08 bits per heavy atom. The third-order valence-electron chi connectivity index (χ3n) is 2.08. The van der Waals surface area contributed by atoms with Gasteiger partial charge in [0, 0.05) is 0 Å². The van der Waals surface area contributed by atoms with Crippen LogP contribution in [0, 0.1) is 0 Å². The van der Waals surface area contributed by atoms with Gasteiger partial charge in [0.1, 0.15) is 11.4 Å². The summed E-state index contributed by atoms with van der Waals surface area (Å²) >= 11 is 1.29. The second-order valence-corrected chi connectivity index (χ2v) is 3.50. The molecule has 0 aliphatic heterocycles. The molecule has 2 rings (SSSR count). The number of aromatic nitrogens is 2. The Balaban J connectivity index is 2.62. The van der Waals surface area contributed by atoms with Gasteiger partial charge in [-0.25, -0.2) is 0 Å². The first-order valence-corrected chi connectivity index (χ1v) is 4.69. The lowest BCUT2D eigenvalue weighted by Crippen LogP contribution is -1.85. The molecule has 0 aromatic carbocycles. The number of allylic oxidation sites excluding steroid dienone is 4. The molecule has 12 heavy (non-hydrogen) atoms. The summed E-state index contributed by atoms with van der Waals surface area (Å²) in [6.45, 7) is 4.18. The molecule has 1 aromatic rings. The molecule has 0 N–H and O–H groups in total. The van der Waals surface area contributed by atoms with Crippen molar-refractivity contribution in [1.82, 2.24) is 8.75 Å². The van der Waals surface area contributed by atoms with Crippen LogP contribution in [0.1, 0.15) is 31.7 Å². The van der Waals surface area contributed by atoms with Gasteiger partial charge in [-0.15, -0.1) is 0 Å². The summed E-state index contributed by atoms with van der Waals surface area (Å²) in [6.07, 6.45) is 5.38. The van der Waals surface area contributed by atoms with E-state index in [4.69, 9.17) is 0 Å². The van der Waals surface area contributed by atoms with E-state index in [1.165, 1.54) is 22.9 Å². The smallest absolute Gasteiger partial charge is 0.107 e. The molecule has 1 aliphatic rings. The third-order valence-corrected chi connectivity index (χ3v) is 2.61. The quantitative estimate of drug-likeness (QED) is 0.610. The Bertz CT molecular complexity index is 328. The zero-order chi connectivity index (χ0) is 8.55. The number of fused-ring (bicyclic) bond motifs is 1. The molecule has 0 saturated carbocycles. The van der Waals surface area contributed by atoms with Crippen molar-refractivity contribution in [2.75, 3.05) is 0 Å². The summed E-state index contributed by atoms with van der Waals surface area (Å²) in [6, 6.07) is 0. The van der Waals surface area contributed by atoms with Crippen molar-refractivity contribution >= 4 is 22.9 Å². The van der Waals surface area contributed by atoms with E-state index in [0.717, 1.165) is 17.8 Å². The van der Waals surface area contributed by atoms with Gasteiger partial charge in [-0.2, -0.15) is 8.75 Å². The first kappa shape index (κ1) is 7.68. The minimum atomic E-state index is 1.00. The van der Waals surface area contributed by atoms with Gasteiger partial charge in [0.05, 0.1) is 11.7 Å². The van der Waals surface area contributed by atoms with Crippen LogP contribution >= 0.6 is 11.7 Å². The van der Waals surface area contributed by atoms with Gasteiger partial charge in [0.2, 0.25) is 0 Å². The molecule has 0 saturated heterocycles. The monoisotopic (exact) mass is 178 g/mol. The predicted octanol–water partition coefficient (Wildman–Crippen LogP) is 2.75. The average molecular weight is 178 g/mol. The van der Waals surface area contributed by atoms with Gasteiger partial charge in [0.25, 0.3) is 0 Å². The molecule has 1 heterocycles. The summed E-state index contributed by atoms with van der Waals surface area (Å²) in [5, 5.41) is 0. The van der Waals surface area contributed by atoms with Crippen LogP contribution in [0.25, 0.3) is 11.1 Å². The van der Waals surface area contributed by atoms with Crippen molar-refractivity contribution in [2.45, 2.75) is 20.3 Å². The number of hydrogen-bond donors (Lipinski definition) is 0. The molecule has 0 unspecified atom stereocenters. The Morgan fingerprint density at radius 2 is 1.58 bits per heavy atom. The second kappa shape index (κ2) is 2.83. The third kappa shape index (κ3) is 1.10. The second-order valence-electron chi connectivity index (χ2n) is 2.97. The van der Waals surface area contributed by atoms with Crippen molar-refractivity contribution in [3.63, 3.8) is 0 Å². The van der Waals surface area contributed by atoms with Gasteiger partial charge in [0.15, 0.2) is 0 Å². The van der Waals surface area contributed by atoms with Crippen LogP contribution in [0.2, 0.25) is 0 Å². The number of rotatable bonds is 0. The highest BCUT2D eigenvalue weighted by molar-refractivity contribution is 6.99. The SMILES string of the molecule is CC1=CCC=C(C)c2nsnc21. The maximum atomic E-state index is 4.27. The summed E-state index contributed by atoms with van der Waals surface area (Å²) in [4.78, 5) is 0. The minimum absolute atomic E-state index is 1.00. The van der Waals surface area contributed by atoms with Crippen LogP contribution in [0.15, 0.2) is 12.2 Å². The van der Waals surface area contributed by atoms with Gasteiger partial charge in [-0.3, -0.25) is 0 Å². The van der Waals surface area contributed by atoms with Crippen LogP contribution in [0.4, 0.5) is 0 Å². The van der Waals surface area contributed by atoms with E-state index in [1.807, 2.05) is 0 Å². The molecule has 0 radical (unpaired) electrons. The van der Waals surface area contributed by atoms with Gasteiger partial charge >= 0.3 is 0 Å². The Kier molecular flexibility index (Phi) is 1.81. The predicted molar refractivity (Wildman–Crippen MR) is 51.8 cm³/mol. The highest BCUT2D eigenvalue weighted by Crippen LogP contribution is 2.26. The Hall–Kier alpha value is -0.960. The summed E-state index contributed by atoms with van der Waals surface area (Å²) < 4.78 is 8.54. The summed E-state index contributed by atoms with van der Waals surface area (Å²) in [5.41, 5.74) is 4.61. The number of hydrogen-bond acceptors (Lipinski definition) is 3. The maximum absolute atomic E-state index is 4.27. The van der Waals surface area contributed by atoms with Crippen molar-refractivity contribution in [2.24, 2.45) is 0 Å². The average Bonchev–Trinajstić information content (AvgIpc) is 2.47. The molecule has 0 fully saturated rings. The molecule has 1 aromatic heterocycles. The molecule has 1 aliphatic carbocycles. The minimum Gasteiger partial charge on any atom is -0.173 e. The van der Waals surface area contributed by atoms with E-state index < -0.39 is 0 Å². The highest BCUT2D eigenvalue weighted by atomic mass is 32.1. The molecule has 0 bridgehead atoms. The van der Waals surface area contributed by atoms with Crippen molar-refractivity contribution in [3.8, 4) is 0 Å².